The zero-order valence-electron chi connectivity index (χ0n) is 10.2. The van der Waals surface area contributed by atoms with Gasteiger partial charge in [0.05, 0.1) is 5.69 Å². The van der Waals surface area contributed by atoms with E-state index in [4.69, 9.17) is 5.11 Å². The predicted octanol–water partition coefficient (Wildman–Crippen LogP) is 2.71. The number of urea groups is 1. The fourth-order valence-corrected chi connectivity index (χ4v) is 2.83. The Morgan fingerprint density at radius 2 is 2.33 bits per heavy atom. The number of carbonyl (C=O) groups excluding carboxylic acids is 1. The molecule has 2 N–H and O–H groups in total. The molecule has 2 amide bonds. The number of hydrogen-bond acceptors (Lipinski definition) is 3. The number of aromatic carboxylic acids is 1. The molecule has 2 rings (SSSR count). The van der Waals surface area contributed by atoms with Crippen LogP contribution < -0.4 is 5.32 Å². The third-order valence-corrected chi connectivity index (χ3v) is 3.95. The minimum absolute atomic E-state index is 0.174. The number of piperidine rings is 1. The van der Waals surface area contributed by atoms with Crippen molar-refractivity contribution in [1.82, 2.24) is 4.90 Å². The molecule has 98 valence electrons. The topological polar surface area (TPSA) is 69.6 Å². The van der Waals surface area contributed by atoms with Crippen LogP contribution in [0.5, 0.6) is 0 Å². The summed E-state index contributed by atoms with van der Waals surface area (Å²) >= 11 is 1.11. The summed E-state index contributed by atoms with van der Waals surface area (Å²) in [5, 5.41) is 13.3. The molecule has 1 unspecified atom stereocenters. The van der Waals surface area contributed by atoms with Gasteiger partial charge in [0.25, 0.3) is 0 Å². The average Bonchev–Trinajstić information content (AvgIpc) is 2.77. The Bertz CT molecular complexity index is 458. The molecule has 0 aliphatic carbocycles. The fraction of sp³-hybridized carbons (Fsp3) is 0.500. The molecular formula is C12H16N2O3S. The summed E-state index contributed by atoms with van der Waals surface area (Å²) in [6, 6.07) is 1.42. The number of carboxylic acid groups (broad SMARTS) is 1. The van der Waals surface area contributed by atoms with Gasteiger partial charge >= 0.3 is 12.0 Å². The van der Waals surface area contributed by atoms with Gasteiger partial charge in [-0.05, 0) is 30.2 Å². The lowest BCUT2D eigenvalue weighted by molar-refractivity contribution is 0.0703. The van der Waals surface area contributed by atoms with Crippen LogP contribution in [0, 0.1) is 5.92 Å². The highest BCUT2D eigenvalue weighted by Gasteiger charge is 2.22. The van der Waals surface area contributed by atoms with Crippen molar-refractivity contribution in [2.24, 2.45) is 5.92 Å². The lowest BCUT2D eigenvalue weighted by Gasteiger charge is -2.30. The number of carboxylic acids is 1. The lowest BCUT2D eigenvalue weighted by Crippen LogP contribution is -2.41. The smallest absolute Gasteiger partial charge is 0.348 e. The summed E-state index contributed by atoms with van der Waals surface area (Å²) in [5.74, 6) is -0.502. The highest BCUT2D eigenvalue weighted by molar-refractivity contribution is 7.12. The van der Waals surface area contributed by atoms with Gasteiger partial charge in [-0.3, -0.25) is 0 Å². The number of nitrogens with zero attached hydrogens (tertiary/aromatic N) is 1. The van der Waals surface area contributed by atoms with Crippen molar-refractivity contribution in [3.8, 4) is 0 Å². The SMILES string of the molecule is CC1CCCN(C(=O)Nc2ccsc2C(=O)O)C1. The highest BCUT2D eigenvalue weighted by atomic mass is 32.1. The van der Waals surface area contributed by atoms with Gasteiger partial charge in [0.2, 0.25) is 0 Å². The van der Waals surface area contributed by atoms with E-state index in [1.165, 1.54) is 0 Å². The Morgan fingerprint density at radius 1 is 1.56 bits per heavy atom. The first kappa shape index (κ1) is 12.9. The molecular weight excluding hydrogens is 252 g/mol. The molecule has 0 aromatic carbocycles. The first-order valence-corrected chi connectivity index (χ1v) is 6.82. The van der Waals surface area contributed by atoms with E-state index < -0.39 is 5.97 Å². The van der Waals surface area contributed by atoms with E-state index in [-0.39, 0.29) is 10.9 Å². The molecule has 1 atom stereocenters. The van der Waals surface area contributed by atoms with Crippen molar-refractivity contribution in [2.75, 3.05) is 18.4 Å². The third kappa shape index (κ3) is 2.81. The van der Waals surface area contributed by atoms with Crippen LogP contribution >= 0.6 is 11.3 Å². The Hall–Kier alpha value is -1.56. The van der Waals surface area contributed by atoms with E-state index in [1.807, 2.05) is 0 Å². The van der Waals surface area contributed by atoms with Crippen molar-refractivity contribution < 1.29 is 14.7 Å². The second-order valence-electron chi connectivity index (χ2n) is 4.59. The number of rotatable bonds is 2. The summed E-state index contributed by atoms with van der Waals surface area (Å²) in [5.41, 5.74) is 0.385. The van der Waals surface area contributed by atoms with Gasteiger partial charge in [-0.25, -0.2) is 9.59 Å². The van der Waals surface area contributed by atoms with Crippen molar-refractivity contribution in [3.63, 3.8) is 0 Å². The summed E-state index contributed by atoms with van der Waals surface area (Å²) in [4.78, 5) is 24.9. The quantitative estimate of drug-likeness (QED) is 0.866. The molecule has 1 fully saturated rings. The molecule has 1 aromatic heterocycles. The summed E-state index contributed by atoms with van der Waals surface area (Å²) in [7, 11) is 0. The maximum absolute atomic E-state index is 12.0. The van der Waals surface area contributed by atoms with Crippen LogP contribution in [0.4, 0.5) is 10.5 Å². The number of likely N-dealkylation sites (tertiary alicyclic amines) is 1. The largest absolute Gasteiger partial charge is 0.477 e. The van der Waals surface area contributed by atoms with Crippen LogP contribution in [0.15, 0.2) is 11.4 Å². The molecule has 1 aromatic rings. The molecule has 1 saturated heterocycles. The molecule has 2 heterocycles. The molecule has 0 radical (unpaired) electrons. The second kappa shape index (κ2) is 5.39. The van der Waals surface area contributed by atoms with E-state index in [1.54, 1.807) is 16.3 Å². The number of thiophene rings is 1. The first-order valence-electron chi connectivity index (χ1n) is 5.94. The van der Waals surface area contributed by atoms with E-state index in [9.17, 15) is 9.59 Å². The van der Waals surface area contributed by atoms with Gasteiger partial charge in [-0.15, -0.1) is 11.3 Å². The maximum Gasteiger partial charge on any atom is 0.348 e. The molecule has 1 aliphatic heterocycles. The molecule has 18 heavy (non-hydrogen) atoms. The molecule has 0 bridgehead atoms. The standard InChI is InChI=1S/C12H16N2O3S/c1-8-3-2-5-14(7-8)12(17)13-9-4-6-18-10(9)11(15)16/h4,6,8H,2-3,5,7H2,1H3,(H,13,17)(H,15,16). The van der Waals surface area contributed by atoms with Gasteiger partial charge in [-0.2, -0.15) is 0 Å². The Kier molecular flexibility index (Phi) is 3.86. The first-order chi connectivity index (χ1) is 8.58. The number of nitrogens with one attached hydrogen (secondary N) is 1. The molecule has 6 heteroatoms. The van der Waals surface area contributed by atoms with Gasteiger partial charge in [-0.1, -0.05) is 6.92 Å². The van der Waals surface area contributed by atoms with Gasteiger partial charge in [0, 0.05) is 13.1 Å². The number of carbonyl (C=O) groups is 2. The van der Waals surface area contributed by atoms with Gasteiger partial charge in [0.1, 0.15) is 4.88 Å². The zero-order chi connectivity index (χ0) is 13.1. The van der Waals surface area contributed by atoms with Crippen molar-refractivity contribution in [2.45, 2.75) is 19.8 Å². The van der Waals surface area contributed by atoms with Gasteiger partial charge in [0.15, 0.2) is 0 Å². The Morgan fingerprint density at radius 3 is 3.00 bits per heavy atom. The van der Waals surface area contributed by atoms with Crippen molar-refractivity contribution >= 4 is 29.0 Å². The minimum Gasteiger partial charge on any atom is -0.477 e. The molecule has 1 aliphatic rings. The average molecular weight is 268 g/mol. The summed E-state index contributed by atoms with van der Waals surface area (Å²) < 4.78 is 0. The maximum atomic E-state index is 12.0. The van der Waals surface area contributed by atoms with Gasteiger partial charge < -0.3 is 15.3 Å². The van der Waals surface area contributed by atoms with E-state index >= 15 is 0 Å². The van der Waals surface area contributed by atoms with Crippen LogP contribution in [0.1, 0.15) is 29.4 Å². The van der Waals surface area contributed by atoms with Crippen molar-refractivity contribution in [3.05, 3.63) is 16.3 Å². The van der Waals surface area contributed by atoms with Crippen LogP contribution in [0.25, 0.3) is 0 Å². The lowest BCUT2D eigenvalue weighted by atomic mass is 10.0. The number of amides is 2. The minimum atomic E-state index is -1.01. The van der Waals surface area contributed by atoms with E-state index in [2.05, 4.69) is 12.2 Å². The van der Waals surface area contributed by atoms with Crippen LogP contribution in [-0.4, -0.2) is 35.1 Å². The van der Waals surface area contributed by atoms with Crippen molar-refractivity contribution in [1.29, 1.82) is 0 Å². The fourth-order valence-electron chi connectivity index (χ4n) is 2.14. The van der Waals surface area contributed by atoms with Crippen LogP contribution in [0.2, 0.25) is 0 Å². The van der Waals surface area contributed by atoms with E-state index in [0.717, 1.165) is 37.3 Å². The molecule has 0 spiro atoms. The second-order valence-corrected chi connectivity index (χ2v) is 5.51. The van der Waals surface area contributed by atoms with E-state index in [0.29, 0.717) is 11.6 Å². The number of anilines is 1. The van der Waals surface area contributed by atoms with Crippen LogP contribution in [-0.2, 0) is 0 Å². The molecule has 0 saturated carbocycles. The molecule has 5 nitrogen and oxygen atoms in total. The third-order valence-electron chi connectivity index (χ3n) is 3.05. The monoisotopic (exact) mass is 268 g/mol. The predicted molar refractivity (Wildman–Crippen MR) is 70.3 cm³/mol. The summed E-state index contributed by atoms with van der Waals surface area (Å²) in [6.45, 7) is 3.59. The highest BCUT2D eigenvalue weighted by Crippen LogP contribution is 2.23. The Labute approximate surface area is 109 Å². The Balaban J connectivity index is 2.02. The van der Waals surface area contributed by atoms with Crippen LogP contribution in [0.3, 0.4) is 0 Å². The normalized spacial score (nSPS) is 19.6. The zero-order valence-corrected chi connectivity index (χ0v) is 11.0. The number of hydrogen-bond donors (Lipinski definition) is 2. The summed E-state index contributed by atoms with van der Waals surface area (Å²) in [6.07, 6.45) is 2.15.